The van der Waals surface area contributed by atoms with Crippen molar-refractivity contribution in [3.8, 4) is 0 Å². The van der Waals surface area contributed by atoms with Gasteiger partial charge in [0, 0.05) is 19.5 Å². The topological polar surface area (TPSA) is 108 Å². The molecule has 8 heteroatoms. The highest BCUT2D eigenvalue weighted by molar-refractivity contribution is 5.91. The summed E-state index contributed by atoms with van der Waals surface area (Å²) in [5, 5.41) is 16.1. The summed E-state index contributed by atoms with van der Waals surface area (Å²) in [6.45, 7) is 11.3. The molecular weight excluding hydrogens is 482 g/mol. The highest BCUT2D eigenvalue weighted by atomic mass is 16.5. The zero-order chi connectivity index (χ0) is 28.5. The maximum absolute atomic E-state index is 13.0. The van der Waals surface area contributed by atoms with Crippen LogP contribution in [-0.2, 0) is 19.1 Å². The lowest BCUT2D eigenvalue weighted by Gasteiger charge is -2.37. The normalized spacial score (nSPS) is 19.9. The predicted octanol–water partition coefficient (Wildman–Crippen LogP) is 4.23. The van der Waals surface area contributed by atoms with Gasteiger partial charge in [-0.3, -0.25) is 14.4 Å². The Kier molecular flexibility index (Phi) is 12.3. The van der Waals surface area contributed by atoms with E-state index in [-0.39, 0.29) is 30.2 Å². The number of carbonyl (C=O) groups is 3. The number of nitrogens with zero attached hydrogens (tertiary/aromatic N) is 1. The van der Waals surface area contributed by atoms with Crippen LogP contribution in [0, 0.1) is 11.8 Å². The Hall–Kier alpha value is -2.35. The summed E-state index contributed by atoms with van der Waals surface area (Å²) in [5.41, 5.74) is 1.21. The molecule has 0 radical (unpaired) electrons. The van der Waals surface area contributed by atoms with Crippen molar-refractivity contribution < 1.29 is 24.2 Å². The van der Waals surface area contributed by atoms with E-state index in [0.29, 0.717) is 12.6 Å². The molecular formula is C30H51N3O5. The fourth-order valence-electron chi connectivity index (χ4n) is 5.41. The Labute approximate surface area is 229 Å². The number of carbonyl (C=O) groups excluding carboxylic acids is 3. The van der Waals surface area contributed by atoms with Crippen LogP contribution < -0.4 is 10.6 Å². The van der Waals surface area contributed by atoms with Gasteiger partial charge < -0.3 is 25.4 Å². The number of aliphatic hydroxyl groups is 1. The van der Waals surface area contributed by atoms with Crippen LogP contribution in [0.3, 0.4) is 0 Å². The van der Waals surface area contributed by atoms with Gasteiger partial charge in [0.15, 0.2) is 0 Å². The second-order valence-corrected chi connectivity index (χ2v) is 11.6. The van der Waals surface area contributed by atoms with E-state index in [2.05, 4.69) is 23.6 Å². The maximum atomic E-state index is 13.0. The molecule has 3 amide bonds. The van der Waals surface area contributed by atoms with E-state index < -0.39 is 17.6 Å². The quantitative estimate of drug-likeness (QED) is 0.290. The van der Waals surface area contributed by atoms with Crippen molar-refractivity contribution in [3.05, 3.63) is 23.0 Å². The Morgan fingerprint density at radius 3 is 2.53 bits per heavy atom. The van der Waals surface area contributed by atoms with Crippen LogP contribution in [0.2, 0.25) is 0 Å². The van der Waals surface area contributed by atoms with Crippen molar-refractivity contribution in [2.24, 2.45) is 11.8 Å². The van der Waals surface area contributed by atoms with Gasteiger partial charge in [-0.05, 0) is 75.9 Å². The number of hydrogen-bond donors (Lipinski definition) is 3. The Morgan fingerprint density at radius 1 is 1.18 bits per heavy atom. The molecule has 4 atom stereocenters. The lowest BCUT2D eigenvalue weighted by atomic mass is 9.88. The van der Waals surface area contributed by atoms with Crippen molar-refractivity contribution in [2.45, 2.75) is 117 Å². The van der Waals surface area contributed by atoms with E-state index in [1.807, 2.05) is 20.8 Å². The SMILES string of the molecule is CCCC1CCC2=CCCC(CCCNC(=O)CNC(=O)C(N(C)C(=O)C(C)C(C)CC)C(C)(C)O)=C2O1. The van der Waals surface area contributed by atoms with E-state index in [1.54, 1.807) is 0 Å². The van der Waals surface area contributed by atoms with Crippen molar-refractivity contribution in [1.82, 2.24) is 15.5 Å². The van der Waals surface area contributed by atoms with E-state index in [1.165, 1.54) is 36.9 Å². The average molecular weight is 534 g/mol. The van der Waals surface area contributed by atoms with Gasteiger partial charge >= 0.3 is 0 Å². The maximum Gasteiger partial charge on any atom is 0.246 e. The van der Waals surface area contributed by atoms with Crippen LogP contribution in [0.1, 0.15) is 99.3 Å². The minimum atomic E-state index is -1.47. The number of likely N-dealkylation sites (N-methyl/N-ethyl adjacent to an activating group) is 1. The monoisotopic (exact) mass is 533 g/mol. The molecule has 1 aliphatic carbocycles. The van der Waals surface area contributed by atoms with Crippen molar-refractivity contribution in [2.75, 3.05) is 20.1 Å². The van der Waals surface area contributed by atoms with Crippen LogP contribution in [0.4, 0.5) is 0 Å². The van der Waals surface area contributed by atoms with E-state index in [0.717, 1.165) is 63.5 Å². The second kappa shape index (κ2) is 14.7. The summed E-state index contributed by atoms with van der Waals surface area (Å²) in [4.78, 5) is 39.7. The van der Waals surface area contributed by atoms with Crippen LogP contribution in [0.15, 0.2) is 23.0 Å². The molecule has 38 heavy (non-hydrogen) atoms. The molecule has 216 valence electrons. The van der Waals surface area contributed by atoms with Crippen LogP contribution in [-0.4, -0.2) is 65.6 Å². The molecule has 8 nitrogen and oxygen atoms in total. The number of allylic oxidation sites excluding steroid dienone is 3. The standard InChI is InChI=1S/C30H51N3O5/c1-8-12-24-17-16-23-14-10-13-22(26(23)38-24)15-11-18-31-25(34)19-32-28(35)27(30(5,6)37)33(7)29(36)21(4)20(3)9-2/h14,20-21,24,27,37H,8-13,15-19H2,1-7H3,(H,31,34)(H,32,35). The molecule has 0 spiro atoms. The predicted molar refractivity (Wildman–Crippen MR) is 150 cm³/mol. The molecule has 0 saturated carbocycles. The number of hydrogen-bond acceptors (Lipinski definition) is 5. The van der Waals surface area contributed by atoms with Gasteiger partial charge in [-0.15, -0.1) is 0 Å². The summed E-state index contributed by atoms with van der Waals surface area (Å²) in [7, 11) is 1.53. The molecule has 1 saturated heterocycles. The van der Waals surface area contributed by atoms with Gasteiger partial charge in [0.1, 0.15) is 11.8 Å². The van der Waals surface area contributed by atoms with Gasteiger partial charge in [-0.25, -0.2) is 0 Å². The summed E-state index contributed by atoms with van der Waals surface area (Å²) in [5.74, 6) is -0.0904. The molecule has 4 unspecified atom stereocenters. The number of nitrogens with one attached hydrogen (secondary N) is 2. The zero-order valence-corrected chi connectivity index (χ0v) is 24.7. The van der Waals surface area contributed by atoms with E-state index in [4.69, 9.17) is 4.74 Å². The molecule has 0 aromatic carbocycles. The Balaban J connectivity index is 1.85. The summed E-state index contributed by atoms with van der Waals surface area (Å²) >= 11 is 0. The van der Waals surface area contributed by atoms with Gasteiger partial charge in [-0.2, -0.15) is 0 Å². The molecule has 0 aromatic rings. The first-order valence-corrected chi connectivity index (χ1v) is 14.5. The van der Waals surface area contributed by atoms with Crippen LogP contribution in [0.5, 0.6) is 0 Å². The summed E-state index contributed by atoms with van der Waals surface area (Å²) < 4.78 is 6.33. The number of amides is 3. The molecule has 1 heterocycles. The first-order valence-electron chi connectivity index (χ1n) is 14.5. The lowest BCUT2D eigenvalue weighted by Crippen LogP contribution is -2.60. The molecule has 0 aromatic heterocycles. The molecule has 1 aliphatic heterocycles. The first-order chi connectivity index (χ1) is 17.9. The fraction of sp³-hybridized carbons (Fsp3) is 0.767. The van der Waals surface area contributed by atoms with Crippen molar-refractivity contribution >= 4 is 17.7 Å². The van der Waals surface area contributed by atoms with Crippen molar-refractivity contribution in [1.29, 1.82) is 0 Å². The van der Waals surface area contributed by atoms with Gasteiger partial charge in [0.25, 0.3) is 0 Å². The highest BCUT2D eigenvalue weighted by Gasteiger charge is 2.40. The highest BCUT2D eigenvalue weighted by Crippen LogP contribution is 2.37. The van der Waals surface area contributed by atoms with Gasteiger partial charge in [-0.1, -0.05) is 46.6 Å². The fourth-order valence-corrected chi connectivity index (χ4v) is 5.41. The minimum Gasteiger partial charge on any atom is -0.490 e. The number of rotatable bonds is 14. The molecule has 3 N–H and O–H groups in total. The third-order valence-electron chi connectivity index (χ3n) is 8.02. The van der Waals surface area contributed by atoms with Crippen LogP contribution in [0.25, 0.3) is 0 Å². The molecule has 2 rings (SSSR count). The molecule has 1 fully saturated rings. The van der Waals surface area contributed by atoms with Crippen molar-refractivity contribution in [3.63, 3.8) is 0 Å². The van der Waals surface area contributed by atoms with Crippen LogP contribution >= 0.6 is 0 Å². The summed E-state index contributed by atoms with van der Waals surface area (Å²) in [6.07, 6.45) is 11.6. The smallest absolute Gasteiger partial charge is 0.246 e. The third-order valence-corrected chi connectivity index (χ3v) is 8.02. The largest absolute Gasteiger partial charge is 0.490 e. The Morgan fingerprint density at radius 2 is 1.89 bits per heavy atom. The Bertz CT molecular complexity index is 889. The average Bonchev–Trinajstić information content (AvgIpc) is 2.88. The molecule has 2 aliphatic rings. The third kappa shape index (κ3) is 8.85. The number of fused-ring (bicyclic) bond motifs is 1. The minimum absolute atomic E-state index is 0.150. The van der Waals surface area contributed by atoms with Gasteiger partial charge in [0.2, 0.25) is 17.7 Å². The lowest BCUT2D eigenvalue weighted by molar-refractivity contribution is -0.151. The van der Waals surface area contributed by atoms with E-state index in [9.17, 15) is 19.5 Å². The van der Waals surface area contributed by atoms with Gasteiger partial charge in [0.05, 0.1) is 18.2 Å². The first kappa shape index (κ1) is 31.9. The van der Waals surface area contributed by atoms with E-state index >= 15 is 0 Å². The number of ether oxygens (including phenoxy) is 1. The zero-order valence-electron chi connectivity index (χ0n) is 24.7. The second-order valence-electron chi connectivity index (χ2n) is 11.6. The summed E-state index contributed by atoms with van der Waals surface area (Å²) in [6, 6.07) is -1.11. The molecule has 0 bridgehead atoms.